The van der Waals surface area contributed by atoms with Gasteiger partial charge in [-0.05, 0) is 6.07 Å². The zero-order valence-corrected chi connectivity index (χ0v) is 14.2. The predicted molar refractivity (Wildman–Crippen MR) is 86.7 cm³/mol. The Hall–Kier alpha value is -5.23. The van der Waals surface area contributed by atoms with Gasteiger partial charge in [0.25, 0.3) is 11.9 Å². The van der Waals surface area contributed by atoms with Crippen molar-refractivity contribution >= 4 is 11.1 Å². The van der Waals surface area contributed by atoms with Crippen LogP contribution < -0.4 is 10.4 Å². The topological polar surface area (TPSA) is 156 Å². The summed E-state index contributed by atoms with van der Waals surface area (Å²) in [6.45, 7) is 0. The van der Waals surface area contributed by atoms with Crippen LogP contribution in [-0.4, -0.2) is 4.98 Å². The van der Waals surface area contributed by atoms with Gasteiger partial charge in [-0.2, -0.15) is 45.3 Å². The number of benzene rings is 1. The predicted octanol–water partition coefficient (Wildman–Crippen LogP) is 1.17. The van der Waals surface area contributed by atoms with Crippen LogP contribution in [0.25, 0.3) is 11.1 Å². The Morgan fingerprint density at radius 2 is 1.27 bits per heavy atom. The van der Waals surface area contributed by atoms with Gasteiger partial charge in [-0.1, -0.05) is 0 Å². The van der Waals surface area contributed by atoms with Gasteiger partial charge in [-0.15, -0.1) is 0 Å². The van der Waals surface area contributed by atoms with Gasteiger partial charge >= 0.3 is 0 Å². The largest absolute Gasteiger partial charge is 0.252 e. The van der Waals surface area contributed by atoms with E-state index in [4.69, 9.17) is 10.5 Å². The molecule has 0 fully saturated rings. The molecule has 0 atom stereocenters. The van der Waals surface area contributed by atoms with Crippen molar-refractivity contribution in [2.75, 3.05) is 0 Å². The summed E-state index contributed by atoms with van der Waals surface area (Å²) < 4.78 is 55.3. The minimum atomic E-state index is -2.07. The second-order valence-corrected chi connectivity index (χ2v) is 5.21. The second-order valence-electron chi connectivity index (χ2n) is 5.21. The molecule has 0 unspecified atom stereocenters. The van der Waals surface area contributed by atoms with Gasteiger partial charge in [0, 0.05) is 10.4 Å². The van der Waals surface area contributed by atoms with Gasteiger partial charge in [-0.25, -0.2) is 8.78 Å². The quantitative estimate of drug-likeness (QED) is 0.511. The van der Waals surface area contributed by atoms with E-state index >= 15 is 0 Å². The average Bonchev–Trinajstić information content (AvgIpc) is 2.75. The van der Waals surface area contributed by atoms with Crippen LogP contribution in [-0.2, 0) is 0 Å². The molecule has 0 saturated carbocycles. The van der Waals surface area contributed by atoms with Crippen molar-refractivity contribution < 1.29 is 17.6 Å². The monoisotopic (exact) mass is 403 g/mol. The first-order valence-corrected chi connectivity index (χ1v) is 7.37. The highest BCUT2D eigenvalue weighted by molar-refractivity contribution is 5.81. The van der Waals surface area contributed by atoms with E-state index < -0.39 is 67.4 Å². The third kappa shape index (κ3) is 3.12. The fourth-order valence-electron chi connectivity index (χ4n) is 2.55. The van der Waals surface area contributed by atoms with E-state index in [1.54, 1.807) is 0 Å². The number of halogens is 4. The number of hydrogen-bond donors (Lipinski definition) is 0. The first-order chi connectivity index (χ1) is 14.3. The summed E-state index contributed by atoms with van der Waals surface area (Å²) in [5, 5.41) is 54.5. The van der Waals surface area contributed by atoms with Crippen LogP contribution in [0.3, 0.4) is 0 Å². The normalized spacial score (nSPS) is 10.3. The third-order valence-corrected chi connectivity index (χ3v) is 3.77. The van der Waals surface area contributed by atoms with E-state index in [-0.39, 0.29) is 0 Å². The average molecular weight is 403 g/mol. The molecule has 0 spiro atoms. The van der Waals surface area contributed by atoms with Gasteiger partial charge in [0.05, 0.1) is 33.9 Å². The van der Waals surface area contributed by atoms with Gasteiger partial charge < -0.3 is 0 Å². The first kappa shape index (κ1) is 21.1. The van der Waals surface area contributed by atoms with Crippen molar-refractivity contribution in [1.82, 2.24) is 4.98 Å². The lowest BCUT2D eigenvalue weighted by Crippen LogP contribution is -2.26. The number of nitriles is 6. The third-order valence-electron chi connectivity index (χ3n) is 3.77. The summed E-state index contributed by atoms with van der Waals surface area (Å²) in [7, 11) is 0. The molecule has 0 bridgehead atoms. The van der Waals surface area contributed by atoms with E-state index in [1.807, 2.05) is 0 Å². The number of aromatic nitrogens is 1. The summed E-state index contributed by atoms with van der Waals surface area (Å²) in [4.78, 5) is 2.36. The molecule has 1 heterocycles. The molecule has 140 valence electrons. The highest BCUT2D eigenvalue weighted by Gasteiger charge is 2.26. The standard InChI is InChI=1S/C19HF4N7/c20-16-15(17(21)19(23)30-18(16)22)12(6-28)10-1-8(2-24)14(9(3-25)4-26)13(7-29)11(10)5-27/h1H/b12-10-. The van der Waals surface area contributed by atoms with Crippen molar-refractivity contribution in [3.8, 4) is 36.4 Å². The zero-order valence-electron chi connectivity index (χ0n) is 14.2. The molecule has 30 heavy (non-hydrogen) atoms. The van der Waals surface area contributed by atoms with E-state index in [9.17, 15) is 38.6 Å². The fraction of sp³-hybridized carbons (Fsp3) is 0. The molecule has 1 aromatic carbocycles. The minimum Gasteiger partial charge on any atom is -0.201 e. The lowest BCUT2D eigenvalue weighted by molar-refractivity contribution is 0.404. The maximum Gasteiger partial charge on any atom is 0.252 e. The van der Waals surface area contributed by atoms with Crippen LogP contribution in [0.4, 0.5) is 17.6 Å². The van der Waals surface area contributed by atoms with Crippen LogP contribution in [0.1, 0.15) is 22.3 Å². The Morgan fingerprint density at radius 3 is 1.67 bits per heavy atom. The number of nitrogens with zero attached hydrogens (tertiary/aromatic N) is 7. The molecular formula is C19HF4N7. The molecule has 0 amide bonds. The SMILES string of the molecule is N#CC(C#N)=c1c(C#N)c/c(=C(\C#N)c2c(F)c(F)nc(F)c2F)c(C#N)c1C#N. The Kier molecular flexibility index (Phi) is 5.76. The molecule has 2 rings (SSSR count). The maximum absolute atomic E-state index is 14.2. The molecule has 0 aliphatic carbocycles. The molecule has 2 aromatic rings. The van der Waals surface area contributed by atoms with Crippen LogP contribution >= 0.6 is 0 Å². The molecule has 0 radical (unpaired) electrons. The van der Waals surface area contributed by atoms with Crippen LogP contribution in [0.2, 0.25) is 0 Å². The van der Waals surface area contributed by atoms with E-state index in [1.165, 1.54) is 36.4 Å². The molecule has 11 heteroatoms. The fourth-order valence-corrected chi connectivity index (χ4v) is 2.55. The first-order valence-electron chi connectivity index (χ1n) is 7.37. The molecule has 0 N–H and O–H groups in total. The summed E-state index contributed by atoms with van der Waals surface area (Å²) in [5.74, 6) is -8.23. The van der Waals surface area contributed by atoms with Crippen molar-refractivity contribution in [2.45, 2.75) is 0 Å². The van der Waals surface area contributed by atoms with Gasteiger partial charge in [-0.3, -0.25) is 0 Å². The molecular weight excluding hydrogens is 402 g/mol. The molecule has 0 aliphatic rings. The Morgan fingerprint density at radius 1 is 0.733 bits per heavy atom. The van der Waals surface area contributed by atoms with Gasteiger partial charge in [0.15, 0.2) is 11.6 Å². The number of hydrogen-bond acceptors (Lipinski definition) is 7. The maximum atomic E-state index is 14.2. The van der Waals surface area contributed by atoms with Gasteiger partial charge in [0.1, 0.15) is 35.9 Å². The van der Waals surface area contributed by atoms with Crippen LogP contribution in [0.15, 0.2) is 6.07 Å². The molecule has 0 saturated heterocycles. The van der Waals surface area contributed by atoms with E-state index in [0.29, 0.717) is 6.07 Å². The zero-order chi connectivity index (χ0) is 22.6. The van der Waals surface area contributed by atoms with E-state index in [2.05, 4.69) is 4.98 Å². The van der Waals surface area contributed by atoms with E-state index in [0.717, 1.165) is 0 Å². The van der Waals surface area contributed by atoms with Crippen molar-refractivity contribution in [1.29, 1.82) is 31.6 Å². The number of pyridine rings is 1. The molecule has 0 aliphatic heterocycles. The van der Waals surface area contributed by atoms with Gasteiger partial charge in [0.2, 0.25) is 0 Å². The summed E-state index contributed by atoms with van der Waals surface area (Å²) >= 11 is 0. The van der Waals surface area contributed by atoms with Crippen molar-refractivity contribution in [2.24, 2.45) is 0 Å². The van der Waals surface area contributed by atoms with Crippen molar-refractivity contribution in [3.05, 3.63) is 62.3 Å². The molecule has 1 aromatic heterocycles. The molecule has 7 nitrogen and oxygen atoms in total. The second kappa shape index (κ2) is 8.20. The Labute approximate surface area is 164 Å². The van der Waals surface area contributed by atoms with Crippen LogP contribution in [0, 0.1) is 91.5 Å². The lowest BCUT2D eigenvalue weighted by Gasteiger charge is -2.07. The highest BCUT2D eigenvalue weighted by atomic mass is 19.2. The highest BCUT2D eigenvalue weighted by Crippen LogP contribution is 2.23. The Bertz CT molecular complexity index is 1460. The summed E-state index contributed by atoms with van der Waals surface area (Å²) in [6, 6.07) is 9.39. The minimum absolute atomic E-state index is 0.532. The van der Waals surface area contributed by atoms with Crippen molar-refractivity contribution in [3.63, 3.8) is 0 Å². The van der Waals surface area contributed by atoms with Crippen LogP contribution in [0.5, 0.6) is 0 Å². The lowest BCUT2D eigenvalue weighted by atomic mass is 9.93. The number of rotatable bonds is 1. The Balaban J connectivity index is 3.40. The summed E-state index contributed by atoms with van der Waals surface area (Å²) in [6.07, 6.45) is 0. The smallest absolute Gasteiger partial charge is 0.201 e. The summed E-state index contributed by atoms with van der Waals surface area (Å²) in [5.41, 5.74) is -5.37.